The summed E-state index contributed by atoms with van der Waals surface area (Å²) in [4.78, 5) is 2.35. The molecule has 2 aliphatic heterocycles. The summed E-state index contributed by atoms with van der Waals surface area (Å²) >= 11 is 0. The summed E-state index contributed by atoms with van der Waals surface area (Å²) in [5.74, 6) is 0.389. The Labute approximate surface area is 158 Å². The smallest absolute Gasteiger partial charge is 0.140 e. The van der Waals surface area contributed by atoms with Crippen LogP contribution in [0.25, 0.3) is 0 Å². The van der Waals surface area contributed by atoms with Crippen molar-refractivity contribution in [1.82, 2.24) is 4.90 Å². The van der Waals surface area contributed by atoms with Gasteiger partial charge < -0.3 is 14.4 Å². The van der Waals surface area contributed by atoms with Crippen molar-refractivity contribution in [2.24, 2.45) is 5.92 Å². The molecule has 2 aliphatic rings. The molecule has 4 atom stereocenters. The molecule has 3 heteroatoms. The summed E-state index contributed by atoms with van der Waals surface area (Å²) in [6.45, 7) is 5.06. The van der Waals surface area contributed by atoms with Crippen LogP contribution in [0.3, 0.4) is 0 Å². The number of fused-ring (bicyclic) bond motifs is 1. The van der Waals surface area contributed by atoms with Gasteiger partial charge in [0.05, 0.1) is 12.6 Å². The summed E-state index contributed by atoms with van der Waals surface area (Å²) < 4.78 is 12.1. The molecular weight excluding hydrogens is 322 g/mol. The highest BCUT2D eigenvalue weighted by Gasteiger charge is 2.50. The van der Waals surface area contributed by atoms with E-state index in [0.29, 0.717) is 12.5 Å². The van der Waals surface area contributed by atoms with Crippen LogP contribution < -0.4 is 0 Å². The number of hydrogen-bond donors (Lipinski definition) is 0. The number of rotatable bonds is 7. The van der Waals surface area contributed by atoms with Crippen LogP contribution in [0.4, 0.5) is 0 Å². The van der Waals surface area contributed by atoms with Gasteiger partial charge in [-0.1, -0.05) is 74.1 Å². The predicted molar refractivity (Wildman–Crippen MR) is 107 cm³/mol. The lowest BCUT2D eigenvalue weighted by Crippen LogP contribution is -2.46. The van der Waals surface area contributed by atoms with Crippen molar-refractivity contribution in [3.8, 4) is 0 Å². The van der Waals surface area contributed by atoms with Gasteiger partial charge in [0.2, 0.25) is 0 Å². The first-order valence-corrected chi connectivity index (χ1v) is 9.69. The Kier molecular flexibility index (Phi) is 6.33. The molecule has 3 nitrogen and oxygen atoms in total. The quantitative estimate of drug-likeness (QED) is 0.626. The van der Waals surface area contributed by atoms with Crippen LogP contribution in [0.5, 0.6) is 0 Å². The molecule has 0 bridgehead atoms. The number of nitrogens with zero attached hydrogens (tertiary/aromatic N) is 1. The summed E-state index contributed by atoms with van der Waals surface area (Å²) in [5.41, 5.74) is 0.911. The first kappa shape index (κ1) is 18.9. The molecule has 0 N–H and O–H groups in total. The van der Waals surface area contributed by atoms with E-state index < -0.39 is 0 Å². The fourth-order valence-electron chi connectivity index (χ4n) is 3.99. The van der Waals surface area contributed by atoms with Gasteiger partial charge in [-0.25, -0.2) is 0 Å². The van der Waals surface area contributed by atoms with Crippen LogP contribution in [0.2, 0.25) is 0 Å². The highest BCUT2D eigenvalue weighted by molar-refractivity contribution is 5.24. The predicted octanol–water partition coefficient (Wildman–Crippen LogP) is 5.24. The highest BCUT2D eigenvalue weighted by atomic mass is 16.5. The van der Waals surface area contributed by atoms with Crippen molar-refractivity contribution in [3.05, 3.63) is 72.5 Å². The molecule has 1 aromatic rings. The second-order valence-corrected chi connectivity index (χ2v) is 7.37. The van der Waals surface area contributed by atoms with E-state index in [0.717, 1.165) is 12.8 Å². The average Bonchev–Trinajstić information content (AvgIpc) is 2.94. The minimum atomic E-state index is -0.305. The fraction of sp³-hybridized carbons (Fsp3) is 0.478. The van der Waals surface area contributed by atoms with Crippen molar-refractivity contribution < 1.29 is 9.47 Å². The Morgan fingerprint density at radius 1 is 1.27 bits per heavy atom. The maximum atomic E-state index is 6.62. The van der Waals surface area contributed by atoms with Crippen LogP contribution in [0, 0.1) is 5.92 Å². The second kappa shape index (κ2) is 8.70. The maximum absolute atomic E-state index is 6.62. The van der Waals surface area contributed by atoms with Crippen LogP contribution in [-0.4, -0.2) is 30.4 Å². The van der Waals surface area contributed by atoms with Crippen LogP contribution in [0.15, 0.2) is 66.9 Å². The monoisotopic (exact) mass is 353 g/mol. The molecule has 0 radical (unpaired) electrons. The van der Waals surface area contributed by atoms with Gasteiger partial charge in [0.25, 0.3) is 0 Å². The normalized spacial score (nSPS) is 31.2. The van der Waals surface area contributed by atoms with Gasteiger partial charge >= 0.3 is 0 Å². The zero-order valence-corrected chi connectivity index (χ0v) is 16.2. The molecule has 26 heavy (non-hydrogen) atoms. The average molecular weight is 354 g/mol. The zero-order chi connectivity index (χ0) is 18.4. The van der Waals surface area contributed by atoms with E-state index in [1.807, 2.05) is 6.07 Å². The summed E-state index contributed by atoms with van der Waals surface area (Å²) in [6.07, 6.45) is 16.6. The minimum absolute atomic E-state index is 0.0259. The first-order chi connectivity index (χ1) is 12.7. The molecule has 1 fully saturated rings. The molecule has 140 valence electrons. The summed E-state index contributed by atoms with van der Waals surface area (Å²) in [7, 11) is 1.76. The molecule has 1 aromatic carbocycles. The molecule has 0 spiro atoms. The Balaban J connectivity index is 1.76. The van der Waals surface area contributed by atoms with Crippen LogP contribution in [-0.2, 0) is 9.47 Å². The van der Waals surface area contributed by atoms with Crippen molar-refractivity contribution in [2.75, 3.05) is 13.7 Å². The lowest BCUT2D eigenvalue weighted by atomic mass is 9.92. The van der Waals surface area contributed by atoms with Gasteiger partial charge in [-0.15, -0.1) is 0 Å². The van der Waals surface area contributed by atoms with Gasteiger partial charge in [-0.2, -0.15) is 0 Å². The highest BCUT2D eigenvalue weighted by Crippen LogP contribution is 2.46. The van der Waals surface area contributed by atoms with Crippen molar-refractivity contribution >= 4 is 0 Å². The largest absolute Gasteiger partial charge is 0.382 e. The van der Waals surface area contributed by atoms with Crippen LogP contribution >= 0.6 is 0 Å². The van der Waals surface area contributed by atoms with Crippen LogP contribution in [0.1, 0.15) is 44.8 Å². The molecule has 1 saturated heterocycles. The van der Waals surface area contributed by atoms with Crippen molar-refractivity contribution in [1.29, 1.82) is 0 Å². The zero-order valence-electron chi connectivity index (χ0n) is 16.2. The Bertz CT molecular complexity index is 651. The Morgan fingerprint density at radius 3 is 2.81 bits per heavy atom. The number of allylic oxidation sites excluding steroid dienone is 5. The Morgan fingerprint density at radius 2 is 2.08 bits per heavy atom. The summed E-state index contributed by atoms with van der Waals surface area (Å²) in [5, 5.41) is 0. The van der Waals surface area contributed by atoms with E-state index in [1.165, 1.54) is 12.0 Å². The third kappa shape index (κ3) is 4.11. The number of methoxy groups -OCH3 is 1. The molecule has 2 heterocycles. The summed E-state index contributed by atoms with van der Waals surface area (Å²) in [6, 6.07) is 10.7. The topological polar surface area (TPSA) is 21.7 Å². The lowest BCUT2D eigenvalue weighted by Gasteiger charge is -2.40. The van der Waals surface area contributed by atoms with Gasteiger partial charge in [-0.05, 0) is 25.1 Å². The second-order valence-electron chi connectivity index (χ2n) is 7.37. The molecule has 0 saturated carbocycles. The molecule has 0 unspecified atom stereocenters. The van der Waals surface area contributed by atoms with E-state index in [9.17, 15) is 0 Å². The van der Waals surface area contributed by atoms with Gasteiger partial charge in [0, 0.05) is 19.4 Å². The Hall–Kier alpha value is -1.84. The molecule has 0 aromatic heterocycles. The maximum Gasteiger partial charge on any atom is 0.140 e. The van der Waals surface area contributed by atoms with Gasteiger partial charge in [-0.3, -0.25) is 0 Å². The molecule has 0 aliphatic carbocycles. The van der Waals surface area contributed by atoms with E-state index in [-0.39, 0.29) is 17.9 Å². The van der Waals surface area contributed by atoms with Crippen molar-refractivity contribution in [2.45, 2.75) is 51.0 Å². The number of unbranched alkanes of at least 4 members (excludes halogenated alkanes) is 1. The molecular formula is C23H31NO2. The molecule has 0 amide bonds. The van der Waals surface area contributed by atoms with Gasteiger partial charge in [0.1, 0.15) is 11.8 Å². The number of ether oxygens (including phenoxy) is 2. The van der Waals surface area contributed by atoms with E-state index in [4.69, 9.17) is 9.47 Å². The van der Waals surface area contributed by atoms with E-state index in [2.05, 4.69) is 79.6 Å². The third-order valence-electron chi connectivity index (χ3n) is 5.27. The first-order valence-electron chi connectivity index (χ1n) is 9.69. The van der Waals surface area contributed by atoms with E-state index in [1.54, 1.807) is 7.11 Å². The number of benzene rings is 1. The molecule has 3 rings (SSSR count). The van der Waals surface area contributed by atoms with Crippen molar-refractivity contribution in [3.63, 3.8) is 0 Å². The lowest BCUT2D eigenvalue weighted by molar-refractivity contribution is -0.0908. The van der Waals surface area contributed by atoms with Gasteiger partial charge in [0.15, 0.2) is 0 Å². The third-order valence-corrected chi connectivity index (χ3v) is 5.27. The minimum Gasteiger partial charge on any atom is -0.382 e. The number of hydrogen-bond acceptors (Lipinski definition) is 3. The standard InChI is InChI=1S/C23H31NO2/c1-4-5-6-7-9-12-19-15-16-24-21(18-25-3)22(26-23(24,2)17-19)20-13-10-8-11-14-20/h6-16,19,21-22H,4-5,17-18H2,1-3H3/b7-6+,12-9+/t19-,21+,22+,23-/m1/s1. The SMILES string of the molecule is CCC/C=C/C=C/[C@@H]1C=CN2[C@@H](COC)[C@H](c3ccccc3)O[C@]2(C)C1. The van der Waals surface area contributed by atoms with E-state index >= 15 is 0 Å². The fourth-order valence-corrected chi connectivity index (χ4v) is 3.99.